The number of nitrogens with zero attached hydrogens (tertiary/aromatic N) is 2. The van der Waals surface area contributed by atoms with Gasteiger partial charge in [-0.2, -0.15) is 13.2 Å². The van der Waals surface area contributed by atoms with E-state index in [0.29, 0.717) is 12.6 Å². The predicted octanol–water partition coefficient (Wildman–Crippen LogP) is 2.02. The Bertz CT molecular complexity index is 389. The number of hydrogen-bond donors (Lipinski definition) is 0. The van der Waals surface area contributed by atoms with Crippen molar-refractivity contribution < 1.29 is 27.6 Å². The molecule has 0 aromatic heterocycles. The minimum Gasteiger partial charge on any atom is -0.377 e. The molecule has 0 amide bonds. The van der Waals surface area contributed by atoms with Crippen molar-refractivity contribution in [3.63, 3.8) is 0 Å². The first kappa shape index (κ1) is 13.5. The molecule has 0 radical (unpaired) electrons. The van der Waals surface area contributed by atoms with Gasteiger partial charge in [0.2, 0.25) is 5.60 Å². The van der Waals surface area contributed by atoms with E-state index in [1.54, 1.807) is 6.92 Å². The summed E-state index contributed by atoms with van der Waals surface area (Å²) in [5, 5.41) is 6.25. The summed E-state index contributed by atoms with van der Waals surface area (Å²) in [5.74, 6) is -1.01. The summed E-state index contributed by atoms with van der Waals surface area (Å²) in [6, 6.07) is 0. The van der Waals surface area contributed by atoms with Gasteiger partial charge in [0, 0.05) is 6.42 Å². The summed E-state index contributed by atoms with van der Waals surface area (Å²) in [6.45, 7) is 3.70. The predicted molar refractivity (Wildman–Crippen MR) is 52.5 cm³/mol. The van der Waals surface area contributed by atoms with Crippen LogP contribution in [0.2, 0.25) is 0 Å². The molecule has 1 aliphatic heterocycles. The highest BCUT2D eigenvalue weighted by Gasteiger charge is 2.43. The fourth-order valence-corrected chi connectivity index (χ4v) is 1.10. The molecule has 0 aromatic rings. The number of carbonyl (C=O) groups is 1. The molecule has 0 spiro atoms. The largest absolute Gasteiger partial charge is 0.432 e. The molecule has 1 rings (SSSR count). The molecule has 0 saturated heterocycles. The molecule has 5 nitrogen and oxygen atoms in total. The number of halogens is 3. The summed E-state index contributed by atoms with van der Waals surface area (Å²) >= 11 is 0. The van der Waals surface area contributed by atoms with Gasteiger partial charge in [-0.15, -0.1) is 0 Å². The van der Waals surface area contributed by atoms with E-state index in [4.69, 9.17) is 4.84 Å². The zero-order valence-corrected chi connectivity index (χ0v) is 9.46. The van der Waals surface area contributed by atoms with Crippen molar-refractivity contribution in [2.45, 2.75) is 39.0 Å². The van der Waals surface area contributed by atoms with Crippen LogP contribution in [0.25, 0.3) is 0 Å². The minimum absolute atomic E-state index is 0.159. The Morgan fingerprint density at radius 3 is 2.59 bits per heavy atom. The van der Waals surface area contributed by atoms with Gasteiger partial charge < -0.3 is 9.68 Å². The number of alkyl halides is 3. The highest BCUT2D eigenvalue weighted by Crippen LogP contribution is 2.25. The molecule has 1 aliphatic rings. The second-order valence-corrected chi connectivity index (χ2v) is 3.88. The quantitative estimate of drug-likeness (QED) is 0.429. The lowest BCUT2D eigenvalue weighted by Gasteiger charge is -2.16. The Kier molecular flexibility index (Phi) is 3.44. The molecular formula is C9H11F3N2O3. The van der Waals surface area contributed by atoms with Crippen LogP contribution in [0.1, 0.15) is 27.2 Å². The Hall–Kier alpha value is -1.60. The van der Waals surface area contributed by atoms with Crippen molar-refractivity contribution in [3.8, 4) is 0 Å². The lowest BCUT2D eigenvalue weighted by molar-refractivity contribution is -0.167. The van der Waals surface area contributed by atoms with Gasteiger partial charge in [-0.1, -0.05) is 10.3 Å². The third-order valence-corrected chi connectivity index (χ3v) is 2.10. The van der Waals surface area contributed by atoms with E-state index in [0.717, 1.165) is 0 Å². The fraction of sp³-hybridized carbons (Fsp3) is 0.667. The standard InChI is InChI=1S/C9H11F3N2O3/c1-5-4-8(3,17-13-5)7(15)16-14-6(2)9(10,11)12/h4H2,1-3H3/b14-6+. The Balaban J connectivity index is 2.63. The van der Waals surface area contributed by atoms with Crippen LogP contribution in [0.5, 0.6) is 0 Å². The lowest BCUT2D eigenvalue weighted by Crippen LogP contribution is -2.36. The third-order valence-electron chi connectivity index (χ3n) is 2.10. The third kappa shape index (κ3) is 3.18. The van der Waals surface area contributed by atoms with Crippen LogP contribution in [0.4, 0.5) is 13.2 Å². The van der Waals surface area contributed by atoms with Gasteiger partial charge in [0.1, 0.15) is 0 Å². The van der Waals surface area contributed by atoms with E-state index < -0.39 is 23.5 Å². The summed E-state index contributed by atoms with van der Waals surface area (Å²) in [7, 11) is 0. The Morgan fingerprint density at radius 2 is 2.18 bits per heavy atom. The molecule has 0 bridgehead atoms. The van der Waals surface area contributed by atoms with Gasteiger partial charge >= 0.3 is 12.1 Å². The summed E-state index contributed by atoms with van der Waals surface area (Å²) in [5.41, 5.74) is -2.09. The summed E-state index contributed by atoms with van der Waals surface area (Å²) in [6.07, 6.45) is -4.46. The van der Waals surface area contributed by atoms with Crippen LogP contribution in [0.15, 0.2) is 10.3 Å². The van der Waals surface area contributed by atoms with E-state index in [9.17, 15) is 18.0 Å². The minimum atomic E-state index is -4.62. The molecule has 1 unspecified atom stereocenters. The molecule has 1 atom stereocenters. The van der Waals surface area contributed by atoms with E-state index >= 15 is 0 Å². The van der Waals surface area contributed by atoms with Gasteiger partial charge in [-0.05, 0) is 20.8 Å². The first-order valence-electron chi connectivity index (χ1n) is 4.70. The summed E-state index contributed by atoms with van der Waals surface area (Å²) in [4.78, 5) is 20.4. The monoisotopic (exact) mass is 252 g/mol. The molecule has 0 fully saturated rings. The van der Waals surface area contributed by atoms with E-state index in [-0.39, 0.29) is 6.42 Å². The second-order valence-electron chi connectivity index (χ2n) is 3.88. The van der Waals surface area contributed by atoms with Crippen LogP contribution in [-0.4, -0.2) is 29.2 Å². The van der Waals surface area contributed by atoms with Gasteiger partial charge in [0.25, 0.3) is 0 Å². The van der Waals surface area contributed by atoms with Crippen molar-refractivity contribution in [2.75, 3.05) is 0 Å². The first-order valence-corrected chi connectivity index (χ1v) is 4.70. The number of oxime groups is 2. The zero-order valence-electron chi connectivity index (χ0n) is 9.46. The highest BCUT2D eigenvalue weighted by molar-refractivity contribution is 5.92. The molecule has 0 aliphatic carbocycles. The van der Waals surface area contributed by atoms with Gasteiger partial charge in [0.15, 0.2) is 5.71 Å². The van der Waals surface area contributed by atoms with Crippen molar-refractivity contribution in [3.05, 3.63) is 0 Å². The van der Waals surface area contributed by atoms with Crippen LogP contribution in [0.3, 0.4) is 0 Å². The van der Waals surface area contributed by atoms with Gasteiger partial charge in [0.05, 0.1) is 5.71 Å². The van der Waals surface area contributed by atoms with Gasteiger partial charge in [-0.3, -0.25) is 0 Å². The topological polar surface area (TPSA) is 60.2 Å². The maximum Gasteiger partial charge on any atom is 0.432 e. The zero-order chi connectivity index (χ0) is 13.3. The number of hydrogen-bond acceptors (Lipinski definition) is 5. The second kappa shape index (κ2) is 4.34. The van der Waals surface area contributed by atoms with E-state index in [2.05, 4.69) is 15.1 Å². The smallest absolute Gasteiger partial charge is 0.377 e. The number of carbonyl (C=O) groups excluding carboxylic acids is 1. The van der Waals surface area contributed by atoms with Crippen molar-refractivity contribution in [2.24, 2.45) is 10.3 Å². The average molecular weight is 252 g/mol. The highest BCUT2D eigenvalue weighted by atomic mass is 19.4. The molecule has 0 N–H and O–H groups in total. The van der Waals surface area contributed by atoms with Crippen LogP contribution in [-0.2, 0) is 14.5 Å². The molecule has 0 saturated carbocycles. The maximum absolute atomic E-state index is 12.1. The Labute approximate surface area is 95.2 Å². The lowest BCUT2D eigenvalue weighted by atomic mass is 10.0. The summed E-state index contributed by atoms with van der Waals surface area (Å²) < 4.78 is 36.2. The van der Waals surface area contributed by atoms with E-state index in [1.165, 1.54) is 6.92 Å². The molecule has 0 aromatic carbocycles. The maximum atomic E-state index is 12.1. The van der Waals surface area contributed by atoms with Gasteiger partial charge in [-0.25, -0.2) is 4.79 Å². The van der Waals surface area contributed by atoms with Crippen molar-refractivity contribution in [1.82, 2.24) is 0 Å². The van der Waals surface area contributed by atoms with Crippen LogP contribution >= 0.6 is 0 Å². The Morgan fingerprint density at radius 1 is 1.59 bits per heavy atom. The average Bonchev–Trinajstić information content (AvgIpc) is 2.54. The van der Waals surface area contributed by atoms with Crippen LogP contribution < -0.4 is 0 Å². The van der Waals surface area contributed by atoms with Crippen molar-refractivity contribution >= 4 is 17.4 Å². The molecule has 96 valence electrons. The molecule has 17 heavy (non-hydrogen) atoms. The first-order chi connectivity index (χ1) is 7.65. The van der Waals surface area contributed by atoms with Crippen LogP contribution in [0, 0.1) is 0 Å². The molecule has 1 heterocycles. The molecule has 8 heteroatoms. The van der Waals surface area contributed by atoms with Crippen molar-refractivity contribution in [1.29, 1.82) is 0 Å². The molecular weight excluding hydrogens is 241 g/mol. The number of rotatable bonds is 2. The van der Waals surface area contributed by atoms with E-state index in [1.807, 2.05) is 0 Å². The fourth-order valence-electron chi connectivity index (χ4n) is 1.10. The normalized spacial score (nSPS) is 25.3. The SMILES string of the molecule is CC1=NOC(C)(C(=O)O/N=C(\C)C(F)(F)F)C1.